The predicted molar refractivity (Wildman–Crippen MR) is 198 cm³/mol. The molecular formula is C43H28N2OS. The minimum absolute atomic E-state index is 0.868. The summed E-state index contributed by atoms with van der Waals surface area (Å²) >= 11 is 1.72. The number of benzene rings is 7. The standard InChI is InChI=1S/C43H28N2OS/c1-4-11-29(12-5-1)32-15-10-16-33(27-32)30-19-21-35(22-20-30)45(34-17-8-3-9-18-34)36-23-25-39-37(28-36)41-40(46-39)26-24-38-42(41)47-43(44-38)31-13-6-2-7-14-31/h1-28H. The van der Waals surface area contributed by atoms with E-state index >= 15 is 0 Å². The number of thiazole rings is 1. The lowest BCUT2D eigenvalue weighted by atomic mass is 9.99. The molecule has 0 radical (unpaired) electrons. The summed E-state index contributed by atoms with van der Waals surface area (Å²) in [7, 11) is 0. The number of fused-ring (bicyclic) bond motifs is 5. The molecule has 2 heterocycles. The van der Waals surface area contributed by atoms with E-state index in [-0.39, 0.29) is 0 Å². The van der Waals surface area contributed by atoms with Crippen LogP contribution in [-0.2, 0) is 0 Å². The number of aromatic nitrogens is 1. The van der Waals surface area contributed by atoms with Crippen molar-refractivity contribution in [3.63, 3.8) is 0 Å². The normalized spacial score (nSPS) is 11.4. The van der Waals surface area contributed by atoms with Crippen LogP contribution in [0.5, 0.6) is 0 Å². The Labute approximate surface area is 276 Å². The van der Waals surface area contributed by atoms with Crippen LogP contribution in [0.25, 0.3) is 65.0 Å². The summed E-state index contributed by atoms with van der Waals surface area (Å²) in [5.41, 5.74) is 11.9. The van der Waals surface area contributed by atoms with Gasteiger partial charge in [-0.25, -0.2) is 4.98 Å². The van der Waals surface area contributed by atoms with Crippen LogP contribution in [0.15, 0.2) is 174 Å². The topological polar surface area (TPSA) is 29.3 Å². The molecule has 0 atom stereocenters. The van der Waals surface area contributed by atoms with Crippen LogP contribution in [0, 0.1) is 0 Å². The third-order valence-electron chi connectivity index (χ3n) is 8.69. The Kier molecular flexibility index (Phi) is 6.65. The lowest BCUT2D eigenvalue weighted by Crippen LogP contribution is -2.09. The molecule has 9 aromatic rings. The first kappa shape index (κ1) is 27.3. The Hall–Kier alpha value is -5.97. The van der Waals surface area contributed by atoms with Gasteiger partial charge in [0, 0.05) is 33.4 Å². The van der Waals surface area contributed by atoms with E-state index in [9.17, 15) is 0 Å². The van der Waals surface area contributed by atoms with Gasteiger partial charge >= 0.3 is 0 Å². The number of nitrogens with zero attached hydrogens (tertiary/aromatic N) is 2. The molecule has 7 aromatic carbocycles. The number of rotatable bonds is 6. The molecule has 0 N–H and O–H groups in total. The van der Waals surface area contributed by atoms with E-state index in [2.05, 4.69) is 163 Å². The number of anilines is 3. The molecule has 0 amide bonds. The highest BCUT2D eigenvalue weighted by atomic mass is 32.1. The molecule has 0 saturated carbocycles. The maximum Gasteiger partial charge on any atom is 0.137 e. The molecule has 0 aliphatic heterocycles. The van der Waals surface area contributed by atoms with E-state index in [1.807, 2.05) is 12.1 Å². The Balaban J connectivity index is 1.15. The van der Waals surface area contributed by atoms with Gasteiger partial charge in [-0.2, -0.15) is 0 Å². The highest BCUT2D eigenvalue weighted by molar-refractivity contribution is 7.22. The Morgan fingerprint density at radius 1 is 0.447 bits per heavy atom. The Bertz CT molecular complexity index is 2500. The molecule has 0 unspecified atom stereocenters. The molecule has 0 bridgehead atoms. The molecule has 47 heavy (non-hydrogen) atoms. The van der Waals surface area contributed by atoms with Gasteiger partial charge in [-0.05, 0) is 82.9 Å². The summed E-state index contributed by atoms with van der Waals surface area (Å²) < 4.78 is 7.53. The van der Waals surface area contributed by atoms with Gasteiger partial charge in [0.2, 0.25) is 0 Å². The van der Waals surface area contributed by atoms with Crippen molar-refractivity contribution in [1.82, 2.24) is 4.98 Å². The maximum atomic E-state index is 6.39. The quantitative estimate of drug-likeness (QED) is 0.185. The van der Waals surface area contributed by atoms with Crippen molar-refractivity contribution in [2.24, 2.45) is 0 Å². The van der Waals surface area contributed by atoms with Gasteiger partial charge in [0.1, 0.15) is 16.2 Å². The van der Waals surface area contributed by atoms with Crippen molar-refractivity contribution < 1.29 is 4.42 Å². The third-order valence-corrected chi connectivity index (χ3v) is 9.83. The van der Waals surface area contributed by atoms with Crippen molar-refractivity contribution in [2.45, 2.75) is 0 Å². The number of hydrogen-bond donors (Lipinski definition) is 0. The lowest BCUT2D eigenvalue weighted by molar-refractivity contribution is 0.669. The monoisotopic (exact) mass is 620 g/mol. The van der Waals surface area contributed by atoms with Gasteiger partial charge in [0.25, 0.3) is 0 Å². The molecule has 0 spiro atoms. The fourth-order valence-corrected chi connectivity index (χ4v) is 7.54. The van der Waals surface area contributed by atoms with Crippen LogP contribution in [0.4, 0.5) is 17.1 Å². The first-order valence-corrected chi connectivity index (χ1v) is 16.5. The molecule has 222 valence electrons. The van der Waals surface area contributed by atoms with Crippen molar-refractivity contribution in [2.75, 3.05) is 4.90 Å². The first-order valence-electron chi connectivity index (χ1n) is 15.7. The average Bonchev–Trinajstić information content (AvgIpc) is 3.75. The van der Waals surface area contributed by atoms with Crippen LogP contribution in [0.2, 0.25) is 0 Å². The van der Waals surface area contributed by atoms with Gasteiger partial charge in [-0.1, -0.05) is 109 Å². The average molecular weight is 621 g/mol. The van der Waals surface area contributed by atoms with Crippen molar-refractivity contribution in [3.8, 4) is 32.8 Å². The van der Waals surface area contributed by atoms with E-state index in [0.717, 1.165) is 59.8 Å². The molecule has 0 aliphatic rings. The first-order chi connectivity index (χ1) is 23.3. The molecule has 0 saturated heterocycles. The largest absolute Gasteiger partial charge is 0.456 e. The highest BCUT2D eigenvalue weighted by Crippen LogP contribution is 2.43. The second-order valence-corrected chi connectivity index (χ2v) is 12.6. The van der Waals surface area contributed by atoms with Crippen LogP contribution in [0.1, 0.15) is 0 Å². The molecule has 0 aliphatic carbocycles. The van der Waals surface area contributed by atoms with Crippen molar-refractivity contribution >= 4 is 60.6 Å². The summed E-state index contributed by atoms with van der Waals surface area (Å²) in [4.78, 5) is 7.30. The minimum Gasteiger partial charge on any atom is -0.456 e. The van der Waals surface area contributed by atoms with Crippen LogP contribution < -0.4 is 4.90 Å². The van der Waals surface area contributed by atoms with E-state index in [1.54, 1.807) is 11.3 Å². The fourth-order valence-electron chi connectivity index (χ4n) is 6.41. The number of hydrogen-bond acceptors (Lipinski definition) is 4. The Morgan fingerprint density at radius 2 is 1.02 bits per heavy atom. The summed E-state index contributed by atoms with van der Waals surface area (Å²) in [6.45, 7) is 0. The van der Waals surface area contributed by atoms with Gasteiger partial charge < -0.3 is 9.32 Å². The van der Waals surface area contributed by atoms with Crippen LogP contribution >= 0.6 is 11.3 Å². The number of para-hydroxylation sites is 1. The minimum atomic E-state index is 0.868. The van der Waals surface area contributed by atoms with Gasteiger partial charge in [0.05, 0.1) is 10.2 Å². The van der Waals surface area contributed by atoms with Crippen LogP contribution in [-0.4, -0.2) is 4.98 Å². The summed E-state index contributed by atoms with van der Waals surface area (Å²) in [6, 6.07) is 59.7. The van der Waals surface area contributed by atoms with E-state index in [1.165, 1.54) is 22.3 Å². The summed E-state index contributed by atoms with van der Waals surface area (Å²) in [5, 5.41) is 3.21. The van der Waals surface area contributed by atoms with E-state index < -0.39 is 0 Å². The zero-order valence-electron chi connectivity index (χ0n) is 25.4. The fraction of sp³-hybridized carbons (Fsp3) is 0. The van der Waals surface area contributed by atoms with Gasteiger partial charge in [-0.3, -0.25) is 0 Å². The Morgan fingerprint density at radius 3 is 1.74 bits per heavy atom. The van der Waals surface area contributed by atoms with Crippen molar-refractivity contribution in [1.29, 1.82) is 0 Å². The zero-order chi connectivity index (χ0) is 31.2. The highest BCUT2D eigenvalue weighted by Gasteiger charge is 2.18. The number of furan rings is 1. The second kappa shape index (κ2) is 11.4. The van der Waals surface area contributed by atoms with Gasteiger partial charge in [0.15, 0.2) is 0 Å². The van der Waals surface area contributed by atoms with E-state index in [0.29, 0.717) is 0 Å². The smallest absolute Gasteiger partial charge is 0.137 e. The maximum absolute atomic E-state index is 6.39. The molecule has 0 fully saturated rings. The molecule has 3 nitrogen and oxygen atoms in total. The molecule has 2 aromatic heterocycles. The van der Waals surface area contributed by atoms with Gasteiger partial charge in [-0.15, -0.1) is 11.3 Å². The SMILES string of the molecule is c1ccc(-c2cccc(-c3ccc(N(c4ccccc4)c4ccc5oc6ccc7nc(-c8ccccc8)sc7c6c5c4)cc3)c2)cc1. The zero-order valence-corrected chi connectivity index (χ0v) is 26.2. The molecular weight excluding hydrogens is 593 g/mol. The van der Waals surface area contributed by atoms with Crippen molar-refractivity contribution in [3.05, 3.63) is 170 Å². The third kappa shape index (κ3) is 4.96. The summed E-state index contributed by atoms with van der Waals surface area (Å²) in [6.07, 6.45) is 0. The summed E-state index contributed by atoms with van der Waals surface area (Å²) in [5.74, 6) is 0. The molecule has 9 rings (SSSR count). The second-order valence-electron chi connectivity index (χ2n) is 11.6. The lowest BCUT2D eigenvalue weighted by Gasteiger charge is -2.25. The van der Waals surface area contributed by atoms with Crippen LogP contribution in [0.3, 0.4) is 0 Å². The molecule has 4 heteroatoms. The van der Waals surface area contributed by atoms with E-state index in [4.69, 9.17) is 9.40 Å². The predicted octanol–water partition coefficient (Wildman–Crippen LogP) is 12.7.